The summed E-state index contributed by atoms with van der Waals surface area (Å²) in [6.07, 6.45) is 0. The second-order valence-electron chi connectivity index (χ2n) is 3.58. The van der Waals surface area contributed by atoms with Crippen molar-refractivity contribution in [2.75, 3.05) is 0 Å². The number of carbonyl (C=O) groups excluding carboxylic acids is 1. The Hall–Kier alpha value is -2.32. The standard InChI is InChI=1S/C9H7BF3N4O/c11-10(12,13)6-3-1-5(2-4-6)7-8(9(14)18)16-17-15-7/h1-4H,(H2,14,18)(H,15,16,17)/q-1. The van der Waals surface area contributed by atoms with Gasteiger partial charge in [-0.25, -0.2) is 0 Å². The van der Waals surface area contributed by atoms with Crippen molar-refractivity contribution in [2.24, 2.45) is 5.73 Å². The summed E-state index contributed by atoms with van der Waals surface area (Å²) in [4.78, 5) is 11.0. The van der Waals surface area contributed by atoms with Crippen LogP contribution in [-0.2, 0) is 0 Å². The summed E-state index contributed by atoms with van der Waals surface area (Å²) in [5.74, 6) is -0.803. The number of aromatic nitrogens is 3. The average Bonchev–Trinajstić information content (AvgIpc) is 2.77. The summed E-state index contributed by atoms with van der Waals surface area (Å²) in [6.45, 7) is -5.04. The van der Waals surface area contributed by atoms with E-state index < -0.39 is 18.3 Å². The molecule has 18 heavy (non-hydrogen) atoms. The number of aromatic amines is 1. The molecule has 5 nitrogen and oxygen atoms in total. The SMILES string of the molecule is NC(=O)c1n[nH]nc1-c1ccc([B-](F)(F)F)cc1. The van der Waals surface area contributed by atoms with Gasteiger partial charge in [0.25, 0.3) is 5.91 Å². The Morgan fingerprint density at radius 2 is 1.78 bits per heavy atom. The molecule has 2 rings (SSSR count). The zero-order valence-electron chi connectivity index (χ0n) is 8.90. The third-order valence-electron chi connectivity index (χ3n) is 2.34. The van der Waals surface area contributed by atoms with Crippen molar-refractivity contribution in [1.29, 1.82) is 0 Å². The first kappa shape index (κ1) is 12.2. The molecule has 94 valence electrons. The Labute approximate surface area is 99.2 Å². The third kappa shape index (κ3) is 2.19. The van der Waals surface area contributed by atoms with E-state index in [2.05, 4.69) is 15.4 Å². The highest BCUT2D eigenvalue weighted by Gasteiger charge is 2.25. The minimum absolute atomic E-state index is 0.111. The molecule has 0 aliphatic heterocycles. The number of nitrogens with two attached hydrogens (primary N) is 1. The first-order valence-corrected chi connectivity index (χ1v) is 4.90. The molecule has 0 spiro atoms. The van der Waals surface area contributed by atoms with Crippen LogP contribution in [0.5, 0.6) is 0 Å². The lowest BCUT2D eigenvalue weighted by molar-refractivity contribution is 0.0996. The van der Waals surface area contributed by atoms with Gasteiger partial charge in [-0.05, 0) is 0 Å². The van der Waals surface area contributed by atoms with Crippen LogP contribution in [0.4, 0.5) is 12.9 Å². The van der Waals surface area contributed by atoms with E-state index in [9.17, 15) is 17.7 Å². The van der Waals surface area contributed by atoms with Crippen LogP contribution in [0.1, 0.15) is 10.5 Å². The van der Waals surface area contributed by atoms with Gasteiger partial charge in [-0.15, -0.1) is 5.46 Å². The molecule has 1 heterocycles. The number of hydrogen-bond donors (Lipinski definition) is 2. The number of halogens is 3. The summed E-state index contributed by atoms with van der Waals surface area (Å²) >= 11 is 0. The molecule has 1 aromatic carbocycles. The first-order chi connectivity index (χ1) is 8.39. The second kappa shape index (κ2) is 4.17. The van der Waals surface area contributed by atoms with Crippen LogP contribution in [-0.4, -0.2) is 28.3 Å². The van der Waals surface area contributed by atoms with Crippen molar-refractivity contribution in [2.45, 2.75) is 0 Å². The van der Waals surface area contributed by atoms with Gasteiger partial charge in [0, 0.05) is 5.56 Å². The second-order valence-corrected chi connectivity index (χ2v) is 3.58. The lowest BCUT2D eigenvalue weighted by Crippen LogP contribution is -2.33. The molecule has 0 radical (unpaired) electrons. The predicted octanol–water partition coefficient (Wildman–Crippen LogP) is 0.625. The van der Waals surface area contributed by atoms with E-state index in [4.69, 9.17) is 5.73 Å². The van der Waals surface area contributed by atoms with Crippen LogP contribution < -0.4 is 11.2 Å². The maximum absolute atomic E-state index is 12.4. The van der Waals surface area contributed by atoms with Gasteiger partial charge in [0.1, 0.15) is 5.69 Å². The number of nitrogens with zero attached hydrogens (tertiary/aromatic N) is 2. The highest BCUT2D eigenvalue weighted by molar-refractivity contribution is 6.73. The van der Waals surface area contributed by atoms with Crippen molar-refractivity contribution in [3.8, 4) is 11.3 Å². The van der Waals surface area contributed by atoms with E-state index >= 15 is 0 Å². The molecule has 1 amide bonds. The molecule has 0 unspecified atom stereocenters. The maximum atomic E-state index is 12.4. The van der Waals surface area contributed by atoms with E-state index in [1.54, 1.807) is 0 Å². The van der Waals surface area contributed by atoms with Crippen molar-refractivity contribution in [3.63, 3.8) is 0 Å². The van der Waals surface area contributed by atoms with Gasteiger partial charge in [0.15, 0.2) is 5.69 Å². The highest BCUT2D eigenvalue weighted by atomic mass is 19.4. The molecular weight excluding hydrogens is 248 g/mol. The van der Waals surface area contributed by atoms with Crippen LogP contribution in [0.3, 0.4) is 0 Å². The minimum Gasteiger partial charge on any atom is -0.445 e. The number of H-pyrrole nitrogens is 1. The van der Waals surface area contributed by atoms with Gasteiger partial charge in [-0.1, -0.05) is 24.3 Å². The van der Waals surface area contributed by atoms with Crippen molar-refractivity contribution in [3.05, 3.63) is 30.0 Å². The van der Waals surface area contributed by atoms with Crippen LogP contribution >= 0.6 is 0 Å². The quantitative estimate of drug-likeness (QED) is 0.788. The van der Waals surface area contributed by atoms with Crippen LogP contribution in [0.25, 0.3) is 11.3 Å². The Kier molecular flexibility index (Phi) is 2.81. The Morgan fingerprint density at radius 1 is 1.17 bits per heavy atom. The fraction of sp³-hybridized carbons (Fsp3) is 0. The van der Waals surface area contributed by atoms with Gasteiger partial charge in [0.2, 0.25) is 0 Å². The Bertz CT molecular complexity index is 578. The summed E-state index contributed by atoms with van der Waals surface area (Å²) in [6, 6.07) is 4.29. The molecule has 2 aromatic rings. The molecule has 9 heteroatoms. The van der Waals surface area contributed by atoms with Crippen LogP contribution in [0.15, 0.2) is 24.3 Å². The Morgan fingerprint density at radius 3 is 2.28 bits per heavy atom. The fourth-order valence-corrected chi connectivity index (χ4v) is 1.46. The molecule has 1 aromatic heterocycles. The number of nitrogens with one attached hydrogen (secondary N) is 1. The topological polar surface area (TPSA) is 84.7 Å². The molecule has 3 N–H and O–H groups in total. The summed E-state index contributed by atoms with van der Waals surface area (Å²) in [7, 11) is 0. The zero-order valence-corrected chi connectivity index (χ0v) is 8.90. The highest BCUT2D eigenvalue weighted by Crippen LogP contribution is 2.19. The minimum atomic E-state index is -5.04. The normalized spacial score (nSPS) is 11.5. The monoisotopic (exact) mass is 255 g/mol. The average molecular weight is 255 g/mol. The van der Waals surface area contributed by atoms with Crippen molar-refractivity contribution >= 4 is 18.3 Å². The van der Waals surface area contributed by atoms with E-state index in [0.717, 1.165) is 12.1 Å². The first-order valence-electron chi connectivity index (χ1n) is 4.90. The number of rotatable bonds is 3. The van der Waals surface area contributed by atoms with E-state index in [1.807, 2.05) is 0 Å². The zero-order chi connectivity index (χ0) is 13.3. The molecular formula is C9H7BF3N4O-. The fourth-order valence-electron chi connectivity index (χ4n) is 1.46. The number of hydrogen-bond acceptors (Lipinski definition) is 3. The number of amides is 1. The van der Waals surface area contributed by atoms with Crippen molar-refractivity contribution < 1.29 is 17.7 Å². The van der Waals surface area contributed by atoms with Crippen LogP contribution in [0, 0.1) is 0 Å². The third-order valence-corrected chi connectivity index (χ3v) is 2.34. The van der Waals surface area contributed by atoms with Gasteiger partial charge in [-0.3, -0.25) is 4.79 Å². The molecule has 0 saturated carbocycles. The molecule has 0 fully saturated rings. The van der Waals surface area contributed by atoms with Gasteiger partial charge < -0.3 is 18.7 Å². The van der Waals surface area contributed by atoms with E-state index in [-0.39, 0.29) is 11.4 Å². The van der Waals surface area contributed by atoms with E-state index in [0.29, 0.717) is 5.56 Å². The molecule has 0 aliphatic rings. The number of primary amides is 1. The number of carbonyl (C=O) groups is 1. The van der Waals surface area contributed by atoms with Gasteiger partial charge in [-0.2, -0.15) is 15.4 Å². The Balaban J connectivity index is 2.41. The predicted molar refractivity (Wildman–Crippen MR) is 59.0 cm³/mol. The van der Waals surface area contributed by atoms with Gasteiger partial charge >= 0.3 is 6.98 Å². The molecule has 0 atom stereocenters. The molecule has 0 aliphatic carbocycles. The lowest BCUT2D eigenvalue weighted by Gasteiger charge is -2.14. The van der Waals surface area contributed by atoms with Gasteiger partial charge in [0.05, 0.1) is 0 Å². The molecule has 0 saturated heterocycles. The molecule has 0 bridgehead atoms. The lowest BCUT2D eigenvalue weighted by atomic mass is 9.80. The smallest absolute Gasteiger partial charge is 0.445 e. The largest absolute Gasteiger partial charge is 0.509 e. The summed E-state index contributed by atoms with van der Waals surface area (Å²) < 4.78 is 37.3. The summed E-state index contributed by atoms with van der Waals surface area (Å²) in [5.41, 5.74) is 4.69. The maximum Gasteiger partial charge on any atom is 0.509 e. The van der Waals surface area contributed by atoms with Crippen molar-refractivity contribution in [1.82, 2.24) is 15.4 Å². The summed E-state index contributed by atoms with van der Waals surface area (Å²) in [5, 5.41) is 9.42. The van der Waals surface area contributed by atoms with Crippen LogP contribution in [0.2, 0.25) is 0 Å². The number of benzene rings is 1. The van der Waals surface area contributed by atoms with E-state index in [1.165, 1.54) is 12.1 Å².